The number of hydrogen-bond donors (Lipinski definition) is 1. The number of rotatable bonds is 2. The van der Waals surface area contributed by atoms with Crippen molar-refractivity contribution in [3.8, 4) is 0 Å². The third-order valence-electron chi connectivity index (χ3n) is 1.25. The Morgan fingerprint density at radius 3 is 2.75 bits per heavy atom. The van der Waals surface area contributed by atoms with Gasteiger partial charge >= 0.3 is 0 Å². The maximum atomic E-state index is 11.4. The van der Waals surface area contributed by atoms with Crippen LogP contribution in [0, 0.1) is 2.88 Å². The van der Waals surface area contributed by atoms with Crippen LogP contribution < -0.4 is 5.32 Å². The van der Waals surface area contributed by atoms with E-state index >= 15 is 0 Å². The number of carbonyl (C=O) groups is 1. The van der Waals surface area contributed by atoms with Gasteiger partial charge in [0, 0.05) is 11.4 Å². The van der Waals surface area contributed by atoms with Gasteiger partial charge in [-0.15, -0.1) is 11.3 Å². The van der Waals surface area contributed by atoms with Gasteiger partial charge in [0.05, 0.1) is 8.45 Å². The second-order valence-electron chi connectivity index (χ2n) is 2.77. The molecule has 0 spiro atoms. The number of amides is 1. The molecule has 0 saturated heterocycles. The van der Waals surface area contributed by atoms with E-state index in [9.17, 15) is 4.79 Å². The molecular formula is C8H10INOS. The normalized spacial score (nSPS) is 10.3. The lowest BCUT2D eigenvalue weighted by Crippen LogP contribution is -2.29. The van der Waals surface area contributed by atoms with E-state index in [2.05, 4.69) is 27.9 Å². The monoisotopic (exact) mass is 295 g/mol. The molecule has 1 N–H and O–H groups in total. The minimum atomic E-state index is 0.0177. The van der Waals surface area contributed by atoms with Crippen LogP contribution in [-0.2, 0) is 0 Å². The largest absolute Gasteiger partial charge is 0.350 e. The van der Waals surface area contributed by atoms with Gasteiger partial charge in [0.25, 0.3) is 5.91 Å². The van der Waals surface area contributed by atoms with Gasteiger partial charge in [0.1, 0.15) is 0 Å². The minimum absolute atomic E-state index is 0.0177. The molecule has 0 fully saturated rings. The lowest BCUT2D eigenvalue weighted by Gasteiger charge is -2.05. The van der Waals surface area contributed by atoms with Crippen LogP contribution in [0.5, 0.6) is 0 Å². The van der Waals surface area contributed by atoms with Gasteiger partial charge in [0.2, 0.25) is 0 Å². The highest BCUT2D eigenvalue weighted by Gasteiger charge is 2.07. The Kier molecular flexibility index (Phi) is 3.52. The Hall–Kier alpha value is -0.100. The summed E-state index contributed by atoms with van der Waals surface area (Å²) in [7, 11) is 0. The van der Waals surface area contributed by atoms with Crippen LogP contribution in [-0.4, -0.2) is 11.9 Å². The minimum Gasteiger partial charge on any atom is -0.350 e. The highest BCUT2D eigenvalue weighted by Crippen LogP contribution is 2.16. The Morgan fingerprint density at radius 2 is 2.33 bits per heavy atom. The third kappa shape index (κ3) is 2.75. The van der Waals surface area contributed by atoms with Crippen molar-refractivity contribution in [3.63, 3.8) is 0 Å². The van der Waals surface area contributed by atoms with Crippen molar-refractivity contribution in [1.82, 2.24) is 5.32 Å². The van der Waals surface area contributed by atoms with Gasteiger partial charge in [0.15, 0.2) is 0 Å². The molecule has 2 nitrogen and oxygen atoms in total. The van der Waals surface area contributed by atoms with Crippen molar-refractivity contribution < 1.29 is 4.79 Å². The topological polar surface area (TPSA) is 29.1 Å². The SMILES string of the molecule is CC(C)NC(=O)c1csc(I)c1. The Bertz CT molecular complexity index is 282. The maximum Gasteiger partial charge on any atom is 0.252 e. The molecule has 0 aliphatic rings. The first-order valence-electron chi connectivity index (χ1n) is 3.64. The summed E-state index contributed by atoms with van der Waals surface area (Å²) in [6, 6.07) is 2.10. The lowest BCUT2D eigenvalue weighted by molar-refractivity contribution is 0.0943. The number of carbonyl (C=O) groups excluding carboxylic acids is 1. The zero-order chi connectivity index (χ0) is 9.14. The summed E-state index contributed by atoms with van der Waals surface area (Å²) in [4.78, 5) is 11.4. The van der Waals surface area contributed by atoms with Crippen molar-refractivity contribution in [2.45, 2.75) is 19.9 Å². The van der Waals surface area contributed by atoms with Gasteiger partial charge < -0.3 is 5.32 Å². The van der Waals surface area contributed by atoms with E-state index in [-0.39, 0.29) is 11.9 Å². The molecule has 1 heterocycles. The molecule has 1 aromatic rings. The predicted molar refractivity (Wildman–Crippen MR) is 59.6 cm³/mol. The van der Waals surface area contributed by atoms with Crippen LogP contribution in [0.4, 0.5) is 0 Å². The van der Waals surface area contributed by atoms with Crippen LogP contribution >= 0.6 is 33.9 Å². The molecule has 12 heavy (non-hydrogen) atoms. The number of nitrogens with one attached hydrogen (secondary N) is 1. The Labute approximate surface area is 89.5 Å². The Balaban J connectivity index is 2.65. The molecule has 1 aromatic heterocycles. The van der Waals surface area contributed by atoms with E-state index in [4.69, 9.17) is 0 Å². The van der Waals surface area contributed by atoms with Gasteiger partial charge in [-0.25, -0.2) is 0 Å². The fourth-order valence-corrected chi connectivity index (χ4v) is 2.10. The van der Waals surface area contributed by atoms with E-state index in [1.54, 1.807) is 11.3 Å². The quantitative estimate of drug-likeness (QED) is 0.835. The van der Waals surface area contributed by atoms with Gasteiger partial charge in [-0.3, -0.25) is 4.79 Å². The molecule has 0 bridgehead atoms. The van der Waals surface area contributed by atoms with E-state index in [1.165, 1.54) is 0 Å². The summed E-state index contributed by atoms with van der Waals surface area (Å²) >= 11 is 3.79. The molecule has 0 aliphatic carbocycles. The summed E-state index contributed by atoms with van der Waals surface area (Å²) in [6.07, 6.45) is 0. The second kappa shape index (κ2) is 4.23. The van der Waals surface area contributed by atoms with E-state index in [0.717, 1.165) is 8.45 Å². The summed E-state index contributed by atoms with van der Waals surface area (Å²) in [5, 5.41) is 4.71. The highest BCUT2D eigenvalue weighted by atomic mass is 127. The van der Waals surface area contributed by atoms with Gasteiger partial charge in [-0.1, -0.05) is 0 Å². The molecule has 1 amide bonds. The molecular weight excluding hydrogens is 285 g/mol. The average molecular weight is 295 g/mol. The van der Waals surface area contributed by atoms with Crippen molar-refractivity contribution in [1.29, 1.82) is 0 Å². The Morgan fingerprint density at radius 1 is 1.67 bits per heavy atom. The molecule has 1 rings (SSSR count). The first-order chi connectivity index (χ1) is 5.59. The fraction of sp³-hybridized carbons (Fsp3) is 0.375. The molecule has 0 aromatic carbocycles. The van der Waals surface area contributed by atoms with Gasteiger partial charge in [-0.05, 0) is 42.5 Å². The first-order valence-corrected chi connectivity index (χ1v) is 5.60. The number of halogens is 1. The van der Waals surface area contributed by atoms with Crippen molar-refractivity contribution in [2.24, 2.45) is 0 Å². The standard InChI is InChI=1S/C8H10INOS/c1-5(2)10-8(11)6-3-7(9)12-4-6/h3-5H,1-2H3,(H,10,11). The number of hydrogen-bond acceptors (Lipinski definition) is 2. The van der Waals surface area contributed by atoms with Crippen molar-refractivity contribution >= 4 is 39.8 Å². The molecule has 4 heteroatoms. The average Bonchev–Trinajstić information content (AvgIpc) is 2.34. The summed E-state index contributed by atoms with van der Waals surface area (Å²) in [5.74, 6) is 0.0177. The zero-order valence-corrected chi connectivity index (χ0v) is 9.90. The van der Waals surface area contributed by atoms with Gasteiger partial charge in [-0.2, -0.15) is 0 Å². The molecule has 0 aliphatic heterocycles. The first kappa shape index (κ1) is 9.98. The molecule has 0 saturated carbocycles. The highest BCUT2D eigenvalue weighted by molar-refractivity contribution is 14.1. The predicted octanol–water partition coefficient (Wildman–Crippen LogP) is 2.49. The maximum absolute atomic E-state index is 11.4. The molecule has 0 radical (unpaired) electrons. The van der Waals surface area contributed by atoms with Crippen LogP contribution in [0.3, 0.4) is 0 Å². The van der Waals surface area contributed by atoms with Crippen molar-refractivity contribution in [3.05, 3.63) is 19.9 Å². The molecule has 66 valence electrons. The van der Waals surface area contributed by atoms with Crippen LogP contribution in [0.1, 0.15) is 24.2 Å². The van der Waals surface area contributed by atoms with Crippen molar-refractivity contribution in [2.75, 3.05) is 0 Å². The number of thiophene rings is 1. The summed E-state index contributed by atoms with van der Waals surface area (Å²) in [5.41, 5.74) is 0.762. The van der Waals surface area contributed by atoms with Crippen LogP contribution in [0.25, 0.3) is 0 Å². The lowest BCUT2D eigenvalue weighted by atomic mass is 10.3. The van der Waals surface area contributed by atoms with Crippen LogP contribution in [0.2, 0.25) is 0 Å². The smallest absolute Gasteiger partial charge is 0.252 e. The van der Waals surface area contributed by atoms with E-state index in [0.29, 0.717) is 0 Å². The zero-order valence-electron chi connectivity index (χ0n) is 6.93. The fourth-order valence-electron chi connectivity index (χ4n) is 0.775. The summed E-state index contributed by atoms with van der Waals surface area (Å²) < 4.78 is 1.14. The molecule has 0 atom stereocenters. The summed E-state index contributed by atoms with van der Waals surface area (Å²) in [6.45, 7) is 3.91. The van der Waals surface area contributed by atoms with Crippen LogP contribution in [0.15, 0.2) is 11.4 Å². The molecule has 0 unspecified atom stereocenters. The second-order valence-corrected chi connectivity index (χ2v) is 5.57. The van der Waals surface area contributed by atoms with E-state index in [1.807, 2.05) is 25.3 Å². The van der Waals surface area contributed by atoms with E-state index < -0.39 is 0 Å². The third-order valence-corrected chi connectivity index (χ3v) is 3.04.